The van der Waals surface area contributed by atoms with Crippen molar-refractivity contribution in [3.05, 3.63) is 63.6 Å². The van der Waals surface area contributed by atoms with Gasteiger partial charge in [-0.25, -0.2) is 13.6 Å². The highest BCUT2D eigenvalue weighted by atomic mass is 19.1. The summed E-state index contributed by atoms with van der Waals surface area (Å²) in [5.41, 5.74) is -0.0450. The van der Waals surface area contributed by atoms with Gasteiger partial charge in [-0.15, -0.1) is 0 Å². The number of pyridine rings is 1. The van der Waals surface area contributed by atoms with Crippen molar-refractivity contribution >= 4 is 6.09 Å². The second-order valence-corrected chi connectivity index (χ2v) is 6.59. The van der Waals surface area contributed by atoms with Crippen molar-refractivity contribution in [2.24, 2.45) is 0 Å². The van der Waals surface area contributed by atoms with Gasteiger partial charge in [-0.2, -0.15) is 0 Å². The molecule has 0 atom stereocenters. The fraction of sp³-hybridized carbons (Fsp3) is 0.368. The van der Waals surface area contributed by atoms with Gasteiger partial charge in [0.05, 0.1) is 13.7 Å². The first-order chi connectivity index (χ1) is 13.4. The van der Waals surface area contributed by atoms with E-state index in [1.807, 2.05) is 4.90 Å². The van der Waals surface area contributed by atoms with Gasteiger partial charge >= 0.3 is 6.09 Å². The molecule has 1 aliphatic rings. The van der Waals surface area contributed by atoms with Crippen molar-refractivity contribution in [3.63, 3.8) is 0 Å². The number of methoxy groups -OCH3 is 1. The number of rotatable bonds is 4. The number of carbonyl (C=O) groups excluding carboxylic acids is 1. The molecule has 0 unspecified atom stereocenters. The lowest BCUT2D eigenvalue weighted by molar-refractivity contribution is 0.0885. The zero-order chi connectivity index (χ0) is 20.3. The fourth-order valence-electron chi connectivity index (χ4n) is 3.14. The average molecular weight is 393 g/mol. The van der Waals surface area contributed by atoms with E-state index in [4.69, 9.17) is 4.74 Å². The van der Waals surface area contributed by atoms with E-state index in [1.54, 1.807) is 11.0 Å². The first-order valence-corrected chi connectivity index (χ1v) is 8.79. The van der Waals surface area contributed by atoms with E-state index in [1.165, 1.54) is 23.9 Å². The first-order valence-electron chi connectivity index (χ1n) is 8.79. The van der Waals surface area contributed by atoms with Gasteiger partial charge in [-0.1, -0.05) is 6.07 Å². The predicted molar refractivity (Wildman–Crippen MR) is 97.1 cm³/mol. The van der Waals surface area contributed by atoms with E-state index in [-0.39, 0.29) is 18.2 Å². The number of aromatic hydroxyl groups is 1. The largest absolute Gasteiger partial charge is 0.503 e. The second kappa shape index (κ2) is 8.39. The van der Waals surface area contributed by atoms with Crippen molar-refractivity contribution in [3.8, 4) is 5.75 Å². The molecular weight excluding hydrogens is 372 g/mol. The van der Waals surface area contributed by atoms with E-state index in [9.17, 15) is 23.5 Å². The number of aromatic nitrogens is 1. The molecule has 1 N–H and O–H groups in total. The Bertz CT molecular complexity index is 924. The Morgan fingerprint density at radius 3 is 2.46 bits per heavy atom. The third-order valence-electron chi connectivity index (χ3n) is 4.78. The van der Waals surface area contributed by atoms with E-state index >= 15 is 0 Å². The fourth-order valence-corrected chi connectivity index (χ4v) is 3.14. The zero-order valence-electron chi connectivity index (χ0n) is 15.4. The van der Waals surface area contributed by atoms with Gasteiger partial charge in [0.1, 0.15) is 11.6 Å². The summed E-state index contributed by atoms with van der Waals surface area (Å²) < 4.78 is 32.7. The Morgan fingerprint density at radius 1 is 1.11 bits per heavy atom. The molecule has 9 heteroatoms. The number of amides is 1. The summed E-state index contributed by atoms with van der Waals surface area (Å²) in [4.78, 5) is 27.5. The zero-order valence-corrected chi connectivity index (χ0v) is 15.4. The summed E-state index contributed by atoms with van der Waals surface area (Å²) in [5, 5.41) is 10.3. The van der Waals surface area contributed by atoms with E-state index < -0.39 is 22.9 Å². The molecule has 0 spiro atoms. The van der Waals surface area contributed by atoms with Crippen LogP contribution in [0.15, 0.2) is 35.3 Å². The maximum Gasteiger partial charge on any atom is 0.409 e. The van der Waals surface area contributed by atoms with Gasteiger partial charge in [0.2, 0.25) is 0 Å². The molecule has 0 aliphatic carbocycles. The minimum Gasteiger partial charge on any atom is -0.503 e. The van der Waals surface area contributed by atoms with Crippen LogP contribution in [0.2, 0.25) is 0 Å². The van der Waals surface area contributed by atoms with E-state index in [0.29, 0.717) is 38.3 Å². The Kier molecular flexibility index (Phi) is 5.93. The van der Waals surface area contributed by atoms with Crippen molar-refractivity contribution in [2.45, 2.75) is 13.1 Å². The number of ether oxygens (including phenoxy) is 1. The Labute approximate surface area is 160 Å². The standard InChI is InChI=1S/C19H21F2N3O4/c1-28-19(27)23-8-6-22(7-9-23)11-14-4-5-24(18(26)17(14)25)12-13-2-3-15(20)10-16(13)21/h2-5,10,25H,6-9,11-12H2,1H3. The maximum atomic E-state index is 13.8. The number of nitrogens with zero attached hydrogens (tertiary/aromatic N) is 3. The average Bonchev–Trinajstić information content (AvgIpc) is 2.69. The van der Waals surface area contributed by atoms with Crippen LogP contribution in [-0.4, -0.2) is 58.9 Å². The van der Waals surface area contributed by atoms with Crippen molar-refractivity contribution in [1.82, 2.24) is 14.4 Å². The van der Waals surface area contributed by atoms with Gasteiger partial charge in [0.25, 0.3) is 5.56 Å². The Balaban J connectivity index is 1.69. The predicted octanol–water partition coefficient (Wildman–Crippen LogP) is 1.76. The third-order valence-corrected chi connectivity index (χ3v) is 4.78. The first kappa shape index (κ1) is 19.8. The molecule has 1 fully saturated rings. The van der Waals surface area contributed by atoms with Gasteiger partial charge in [0, 0.05) is 56.1 Å². The monoisotopic (exact) mass is 393 g/mol. The van der Waals surface area contributed by atoms with Crippen LogP contribution in [-0.2, 0) is 17.8 Å². The highest BCUT2D eigenvalue weighted by molar-refractivity contribution is 5.67. The maximum absolute atomic E-state index is 13.8. The molecule has 1 aromatic carbocycles. The van der Waals surface area contributed by atoms with Crippen molar-refractivity contribution in [2.75, 3.05) is 33.3 Å². The summed E-state index contributed by atoms with van der Waals surface area (Å²) in [7, 11) is 1.33. The lowest BCUT2D eigenvalue weighted by Crippen LogP contribution is -2.48. The van der Waals surface area contributed by atoms with Gasteiger partial charge in [-0.3, -0.25) is 9.69 Å². The molecule has 150 valence electrons. The minimum absolute atomic E-state index is 0.114. The van der Waals surface area contributed by atoms with Gasteiger partial charge in [0.15, 0.2) is 5.75 Å². The quantitative estimate of drug-likeness (QED) is 0.857. The normalized spacial score (nSPS) is 14.9. The molecule has 0 bridgehead atoms. The number of halogens is 2. The molecule has 2 aromatic rings. The summed E-state index contributed by atoms with van der Waals surface area (Å²) in [6, 6.07) is 4.74. The van der Waals surface area contributed by atoms with Gasteiger partial charge in [-0.05, 0) is 12.1 Å². The summed E-state index contributed by atoms with van der Waals surface area (Å²) in [6.07, 6.45) is 1.10. The number of piperazine rings is 1. The van der Waals surface area contributed by atoms with E-state index in [2.05, 4.69) is 0 Å². The highest BCUT2D eigenvalue weighted by Crippen LogP contribution is 2.17. The molecule has 1 amide bonds. The van der Waals surface area contributed by atoms with Crippen molar-refractivity contribution < 1.29 is 23.4 Å². The molecule has 0 saturated carbocycles. The summed E-state index contributed by atoms with van der Waals surface area (Å²) in [6.45, 7) is 2.39. The smallest absolute Gasteiger partial charge is 0.409 e. The Morgan fingerprint density at radius 2 is 1.82 bits per heavy atom. The van der Waals surface area contributed by atoms with Crippen LogP contribution in [0.5, 0.6) is 5.75 Å². The van der Waals surface area contributed by atoms with Crippen LogP contribution >= 0.6 is 0 Å². The Hall–Kier alpha value is -2.94. The van der Waals surface area contributed by atoms with Crippen molar-refractivity contribution in [1.29, 1.82) is 0 Å². The molecule has 1 aliphatic heterocycles. The molecular formula is C19H21F2N3O4. The molecule has 1 saturated heterocycles. The van der Waals surface area contributed by atoms with Crippen LogP contribution in [0.1, 0.15) is 11.1 Å². The lowest BCUT2D eigenvalue weighted by Gasteiger charge is -2.33. The number of hydrogen-bond acceptors (Lipinski definition) is 5. The lowest BCUT2D eigenvalue weighted by atomic mass is 10.1. The molecule has 28 heavy (non-hydrogen) atoms. The number of benzene rings is 1. The molecule has 7 nitrogen and oxygen atoms in total. The molecule has 0 radical (unpaired) electrons. The van der Waals surface area contributed by atoms with Gasteiger partial charge < -0.3 is 19.3 Å². The minimum atomic E-state index is -0.751. The van der Waals surface area contributed by atoms with Crippen LogP contribution in [0.4, 0.5) is 13.6 Å². The van der Waals surface area contributed by atoms with Crippen LogP contribution in [0.3, 0.4) is 0 Å². The highest BCUT2D eigenvalue weighted by Gasteiger charge is 2.22. The molecule has 3 rings (SSSR count). The van der Waals surface area contributed by atoms with E-state index in [0.717, 1.165) is 12.1 Å². The third kappa shape index (κ3) is 4.30. The number of hydrogen-bond donors (Lipinski definition) is 1. The van der Waals surface area contributed by atoms with Crippen LogP contribution in [0, 0.1) is 11.6 Å². The topological polar surface area (TPSA) is 75.0 Å². The molecule has 1 aromatic heterocycles. The summed E-state index contributed by atoms with van der Waals surface area (Å²) in [5.74, 6) is -1.85. The van der Waals surface area contributed by atoms with Crippen LogP contribution < -0.4 is 5.56 Å². The summed E-state index contributed by atoms with van der Waals surface area (Å²) >= 11 is 0. The SMILES string of the molecule is COC(=O)N1CCN(Cc2ccn(Cc3ccc(F)cc3F)c(=O)c2O)CC1. The van der Waals surface area contributed by atoms with Crippen LogP contribution in [0.25, 0.3) is 0 Å². The molecule has 2 heterocycles. The number of carbonyl (C=O) groups is 1. The second-order valence-electron chi connectivity index (χ2n) is 6.59.